The molecule has 1 aliphatic heterocycles. The lowest BCUT2D eigenvalue weighted by molar-refractivity contribution is -0.222. The molecule has 0 radical (unpaired) electrons. The molecular weight excluding hydrogens is 302 g/mol. The van der Waals surface area contributed by atoms with Gasteiger partial charge in [0, 0.05) is 18.2 Å². The van der Waals surface area contributed by atoms with Crippen molar-refractivity contribution >= 4 is 11.6 Å². The number of alkyl halides is 1. The summed E-state index contributed by atoms with van der Waals surface area (Å²) in [5.41, 5.74) is -1.83. The summed E-state index contributed by atoms with van der Waals surface area (Å²) in [6.07, 6.45) is 1.43. The van der Waals surface area contributed by atoms with Crippen molar-refractivity contribution in [1.82, 2.24) is 0 Å². The van der Waals surface area contributed by atoms with Gasteiger partial charge in [0.25, 0.3) is 0 Å². The molecule has 1 heterocycles. The van der Waals surface area contributed by atoms with Gasteiger partial charge in [-0.3, -0.25) is 0 Å². The fraction of sp³-hybridized carbons (Fsp3) is 0.600. The van der Waals surface area contributed by atoms with Crippen molar-refractivity contribution in [2.45, 2.75) is 44.2 Å². The summed E-state index contributed by atoms with van der Waals surface area (Å²) < 4.78 is 38.0. The Morgan fingerprint density at radius 2 is 2.24 bits per heavy atom. The molecule has 1 aromatic rings. The number of aliphatic hydroxyl groups is 1. The molecule has 3 nitrogen and oxygen atoms in total. The average molecular weight is 321 g/mol. The summed E-state index contributed by atoms with van der Waals surface area (Å²) in [6, 6.07) is 2.99. The van der Waals surface area contributed by atoms with Crippen LogP contribution in [0.2, 0.25) is 0 Å². The maximum atomic E-state index is 13.9. The first kappa shape index (κ1) is 16.6. The predicted molar refractivity (Wildman–Crippen MR) is 75.1 cm³/mol. The van der Waals surface area contributed by atoms with Gasteiger partial charge in [0.1, 0.15) is 17.2 Å². The van der Waals surface area contributed by atoms with Gasteiger partial charge in [-0.1, -0.05) is 6.07 Å². The highest BCUT2D eigenvalue weighted by atomic mass is 35.5. The maximum Gasteiger partial charge on any atom is 0.158 e. The zero-order valence-corrected chi connectivity index (χ0v) is 12.6. The van der Waals surface area contributed by atoms with Crippen LogP contribution >= 0.6 is 11.6 Å². The predicted octanol–water partition coefficient (Wildman–Crippen LogP) is 3.32. The Bertz CT molecular complexity index is 480. The van der Waals surface area contributed by atoms with E-state index in [4.69, 9.17) is 21.1 Å². The molecule has 6 heteroatoms. The van der Waals surface area contributed by atoms with E-state index in [0.29, 0.717) is 13.0 Å². The lowest BCUT2D eigenvalue weighted by Gasteiger charge is -2.36. The number of benzene rings is 1. The fourth-order valence-corrected chi connectivity index (χ4v) is 2.76. The third-order valence-corrected chi connectivity index (χ3v) is 4.18. The van der Waals surface area contributed by atoms with Crippen molar-refractivity contribution in [2.75, 3.05) is 12.5 Å². The van der Waals surface area contributed by atoms with E-state index in [0.717, 1.165) is 25.0 Å². The van der Waals surface area contributed by atoms with E-state index in [-0.39, 0.29) is 11.4 Å². The molecule has 0 aliphatic carbocycles. The minimum Gasteiger partial charge on any atom is -0.381 e. The van der Waals surface area contributed by atoms with Crippen molar-refractivity contribution in [1.29, 1.82) is 0 Å². The smallest absolute Gasteiger partial charge is 0.158 e. The van der Waals surface area contributed by atoms with E-state index in [1.807, 2.05) is 0 Å². The molecule has 3 atom stereocenters. The molecule has 118 valence electrons. The molecule has 1 fully saturated rings. The van der Waals surface area contributed by atoms with Crippen LogP contribution in [-0.4, -0.2) is 30.0 Å². The first-order valence-electron chi connectivity index (χ1n) is 6.98. The lowest BCUT2D eigenvalue weighted by atomic mass is 9.90. The molecule has 0 saturated carbocycles. The maximum absolute atomic E-state index is 13.9. The van der Waals surface area contributed by atoms with Crippen LogP contribution in [0.15, 0.2) is 18.2 Å². The Balaban J connectivity index is 2.18. The highest BCUT2D eigenvalue weighted by molar-refractivity contribution is 6.18. The van der Waals surface area contributed by atoms with E-state index in [2.05, 4.69) is 0 Å². The van der Waals surface area contributed by atoms with E-state index >= 15 is 0 Å². The first-order valence-corrected chi connectivity index (χ1v) is 7.51. The topological polar surface area (TPSA) is 38.7 Å². The molecule has 0 spiro atoms. The Morgan fingerprint density at radius 1 is 1.48 bits per heavy atom. The second kappa shape index (κ2) is 7.01. The van der Waals surface area contributed by atoms with Crippen LogP contribution in [0.4, 0.5) is 8.78 Å². The van der Waals surface area contributed by atoms with Gasteiger partial charge in [0.2, 0.25) is 0 Å². The van der Waals surface area contributed by atoms with Crippen LogP contribution in [0.25, 0.3) is 0 Å². The molecule has 1 saturated heterocycles. The number of ether oxygens (including phenoxy) is 2. The van der Waals surface area contributed by atoms with Crippen LogP contribution < -0.4 is 0 Å². The monoisotopic (exact) mass is 320 g/mol. The second-order valence-corrected chi connectivity index (χ2v) is 5.52. The Morgan fingerprint density at radius 3 is 2.81 bits per heavy atom. The van der Waals surface area contributed by atoms with Crippen molar-refractivity contribution in [3.8, 4) is 0 Å². The van der Waals surface area contributed by atoms with Crippen LogP contribution in [0.3, 0.4) is 0 Å². The van der Waals surface area contributed by atoms with Gasteiger partial charge in [0.15, 0.2) is 6.29 Å². The lowest BCUT2D eigenvalue weighted by Crippen LogP contribution is -2.44. The van der Waals surface area contributed by atoms with Crippen molar-refractivity contribution < 1.29 is 23.4 Å². The van der Waals surface area contributed by atoms with Gasteiger partial charge < -0.3 is 14.6 Å². The Labute approximate surface area is 127 Å². The molecule has 0 amide bonds. The highest BCUT2D eigenvalue weighted by Crippen LogP contribution is 2.32. The second-order valence-electron chi connectivity index (χ2n) is 5.26. The summed E-state index contributed by atoms with van der Waals surface area (Å²) >= 11 is 5.84. The van der Waals surface area contributed by atoms with Crippen molar-refractivity contribution in [2.24, 2.45) is 0 Å². The molecule has 0 bridgehead atoms. The average Bonchev–Trinajstić information content (AvgIpc) is 2.47. The van der Waals surface area contributed by atoms with Gasteiger partial charge >= 0.3 is 0 Å². The minimum atomic E-state index is -1.75. The molecule has 0 aromatic heterocycles. The quantitative estimate of drug-likeness (QED) is 0.846. The van der Waals surface area contributed by atoms with Gasteiger partial charge in [-0.25, -0.2) is 8.78 Å². The number of hydrogen-bond donors (Lipinski definition) is 1. The standard InChI is InChI=1S/C15H19ClF2O3/c1-10(21-14-4-2-3-7-20-14)15(19,9-16)12-6-5-11(17)8-13(12)18/h5-6,8,10,14,19H,2-4,7,9H2,1H3. The number of halogens is 3. The largest absolute Gasteiger partial charge is 0.381 e. The Kier molecular flexibility index (Phi) is 5.54. The summed E-state index contributed by atoms with van der Waals surface area (Å²) in [5.74, 6) is -1.83. The molecule has 1 N–H and O–H groups in total. The fourth-order valence-electron chi connectivity index (χ4n) is 2.40. The summed E-state index contributed by atoms with van der Waals surface area (Å²) in [5, 5.41) is 10.7. The highest BCUT2D eigenvalue weighted by Gasteiger charge is 2.39. The summed E-state index contributed by atoms with van der Waals surface area (Å²) in [6.45, 7) is 2.20. The van der Waals surface area contributed by atoms with E-state index < -0.39 is 29.6 Å². The normalized spacial score (nSPS) is 23.6. The third kappa shape index (κ3) is 3.72. The van der Waals surface area contributed by atoms with Gasteiger partial charge in [-0.15, -0.1) is 11.6 Å². The minimum absolute atomic E-state index is 0.0813. The molecule has 21 heavy (non-hydrogen) atoms. The van der Waals surface area contributed by atoms with Gasteiger partial charge in [-0.2, -0.15) is 0 Å². The van der Waals surface area contributed by atoms with Crippen LogP contribution in [0.1, 0.15) is 31.7 Å². The van der Waals surface area contributed by atoms with E-state index in [9.17, 15) is 13.9 Å². The van der Waals surface area contributed by atoms with E-state index in [1.165, 1.54) is 6.07 Å². The summed E-state index contributed by atoms with van der Waals surface area (Å²) in [4.78, 5) is 0. The zero-order valence-electron chi connectivity index (χ0n) is 11.8. The van der Waals surface area contributed by atoms with Gasteiger partial charge in [0.05, 0.1) is 12.0 Å². The SMILES string of the molecule is CC(OC1CCCCO1)C(O)(CCl)c1ccc(F)cc1F. The van der Waals surface area contributed by atoms with Crippen molar-refractivity contribution in [3.05, 3.63) is 35.4 Å². The zero-order chi connectivity index (χ0) is 15.5. The first-order chi connectivity index (χ1) is 9.97. The molecule has 1 aromatic carbocycles. The van der Waals surface area contributed by atoms with Crippen molar-refractivity contribution in [3.63, 3.8) is 0 Å². The molecule has 2 rings (SSSR count). The van der Waals surface area contributed by atoms with Gasteiger partial charge in [-0.05, 0) is 32.3 Å². The van der Waals surface area contributed by atoms with Crippen LogP contribution in [0.5, 0.6) is 0 Å². The van der Waals surface area contributed by atoms with Crippen LogP contribution in [0, 0.1) is 11.6 Å². The van der Waals surface area contributed by atoms with Crippen LogP contribution in [-0.2, 0) is 15.1 Å². The third-order valence-electron chi connectivity index (χ3n) is 3.77. The summed E-state index contributed by atoms with van der Waals surface area (Å²) in [7, 11) is 0. The van der Waals surface area contributed by atoms with E-state index in [1.54, 1.807) is 6.92 Å². The molecular formula is C15H19ClF2O3. The molecule has 3 unspecified atom stereocenters. The Hall–Kier alpha value is -0.750. The number of rotatable bonds is 5. The molecule has 1 aliphatic rings. The number of hydrogen-bond acceptors (Lipinski definition) is 3.